The van der Waals surface area contributed by atoms with Gasteiger partial charge in [0.25, 0.3) is 0 Å². The number of aromatic nitrogens is 1. The van der Waals surface area contributed by atoms with Crippen LogP contribution >= 0.6 is 11.6 Å². The largest absolute Gasteiger partial charge is 0.506 e. The summed E-state index contributed by atoms with van der Waals surface area (Å²) in [5.41, 5.74) is 0.846. The molecule has 2 rings (SSSR count). The Kier molecular flexibility index (Phi) is 2.04. The number of aryl methyl sites for hydroxylation is 1. The highest BCUT2D eigenvalue weighted by molar-refractivity contribution is 6.35. The van der Waals surface area contributed by atoms with E-state index in [2.05, 4.69) is 4.98 Å². The predicted octanol–water partition coefficient (Wildman–Crippen LogP) is 3.04. The summed E-state index contributed by atoms with van der Waals surface area (Å²) in [7, 11) is 0. The van der Waals surface area contributed by atoms with E-state index in [1.165, 1.54) is 12.1 Å². The van der Waals surface area contributed by atoms with Crippen molar-refractivity contribution in [3.05, 3.63) is 34.7 Å². The van der Waals surface area contributed by atoms with Crippen molar-refractivity contribution in [1.29, 1.82) is 0 Å². The number of halogens is 2. The van der Waals surface area contributed by atoms with Gasteiger partial charge in [-0.1, -0.05) is 11.6 Å². The number of nitrogens with zero attached hydrogens (tertiary/aromatic N) is 1. The number of aromatic hydroxyl groups is 1. The molecule has 72 valence electrons. The molecule has 0 bridgehead atoms. The minimum Gasteiger partial charge on any atom is -0.506 e. The second kappa shape index (κ2) is 3.10. The number of pyridine rings is 1. The summed E-state index contributed by atoms with van der Waals surface area (Å²) in [6.07, 6.45) is 0. The summed E-state index contributed by atoms with van der Waals surface area (Å²) in [6.45, 7) is 1.73. The van der Waals surface area contributed by atoms with Crippen LogP contribution in [-0.2, 0) is 0 Å². The highest BCUT2D eigenvalue weighted by Gasteiger charge is 2.10. The zero-order chi connectivity index (χ0) is 10.3. The number of phenols is 1. The molecule has 2 nitrogen and oxygen atoms in total. The first kappa shape index (κ1) is 9.21. The highest BCUT2D eigenvalue weighted by atomic mass is 35.5. The van der Waals surface area contributed by atoms with Crippen LogP contribution in [0.3, 0.4) is 0 Å². The van der Waals surface area contributed by atoms with Gasteiger partial charge < -0.3 is 5.11 Å². The zero-order valence-corrected chi connectivity index (χ0v) is 8.14. The fourth-order valence-corrected chi connectivity index (χ4v) is 1.70. The Morgan fingerprint density at radius 1 is 1.43 bits per heavy atom. The Balaban J connectivity index is 3.00. The minimum absolute atomic E-state index is 0.0630. The SMILES string of the molecule is Cc1cc(Cl)c2c(F)ccc(O)c2n1. The van der Waals surface area contributed by atoms with Crippen molar-refractivity contribution in [1.82, 2.24) is 4.98 Å². The second-order valence-corrected chi connectivity index (χ2v) is 3.44. The van der Waals surface area contributed by atoms with E-state index >= 15 is 0 Å². The van der Waals surface area contributed by atoms with E-state index < -0.39 is 5.82 Å². The zero-order valence-electron chi connectivity index (χ0n) is 7.38. The van der Waals surface area contributed by atoms with Crippen molar-refractivity contribution in [2.75, 3.05) is 0 Å². The molecular weight excluding hydrogens is 205 g/mol. The molecule has 2 aromatic rings. The summed E-state index contributed by atoms with van der Waals surface area (Å²) in [5, 5.41) is 9.89. The Morgan fingerprint density at radius 3 is 2.86 bits per heavy atom. The van der Waals surface area contributed by atoms with E-state index in [-0.39, 0.29) is 21.7 Å². The normalized spacial score (nSPS) is 10.8. The molecule has 0 aliphatic carbocycles. The van der Waals surface area contributed by atoms with Gasteiger partial charge in [-0.15, -0.1) is 0 Å². The van der Waals surface area contributed by atoms with Gasteiger partial charge >= 0.3 is 0 Å². The Bertz CT molecular complexity index is 513. The molecule has 1 N–H and O–H groups in total. The van der Waals surface area contributed by atoms with E-state index in [0.717, 1.165) is 0 Å². The van der Waals surface area contributed by atoms with Gasteiger partial charge in [0.15, 0.2) is 0 Å². The molecule has 1 heterocycles. The third kappa shape index (κ3) is 1.30. The number of benzene rings is 1. The quantitative estimate of drug-likeness (QED) is 0.727. The maximum absolute atomic E-state index is 13.3. The average Bonchev–Trinajstić information content (AvgIpc) is 2.10. The van der Waals surface area contributed by atoms with E-state index in [0.29, 0.717) is 5.69 Å². The summed E-state index contributed by atoms with van der Waals surface area (Å²) >= 11 is 5.85. The van der Waals surface area contributed by atoms with Crippen LogP contribution < -0.4 is 0 Å². The predicted molar refractivity (Wildman–Crippen MR) is 53.1 cm³/mol. The summed E-state index contributed by atoms with van der Waals surface area (Å²) in [5.74, 6) is -0.540. The summed E-state index contributed by atoms with van der Waals surface area (Å²) in [4.78, 5) is 4.02. The fraction of sp³-hybridized carbons (Fsp3) is 0.100. The lowest BCUT2D eigenvalue weighted by Gasteiger charge is -2.04. The maximum atomic E-state index is 13.3. The lowest BCUT2D eigenvalue weighted by Crippen LogP contribution is -1.88. The van der Waals surface area contributed by atoms with Gasteiger partial charge in [0.2, 0.25) is 0 Å². The summed E-state index contributed by atoms with van der Waals surface area (Å²) < 4.78 is 13.3. The van der Waals surface area contributed by atoms with Crippen molar-refractivity contribution in [2.45, 2.75) is 6.92 Å². The van der Waals surface area contributed by atoms with Gasteiger partial charge in [0.05, 0.1) is 10.4 Å². The molecule has 0 saturated carbocycles. The molecule has 0 fully saturated rings. The lowest BCUT2D eigenvalue weighted by atomic mass is 10.2. The molecule has 14 heavy (non-hydrogen) atoms. The van der Waals surface area contributed by atoms with Gasteiger partial charge in [-0.3, -0.25) is 0 Å². The molecule has 1 aromatic heterocycles. The van der Waals surface area contributed by atoms with E-state index in [9.17, 15) is 9.50 Å². The first-order valence-electron chi connectivity index (χ1n) is 4.04. The molecule has 0 amide bonds. The lowest BCUT2D eigenvalue weighted by molar-refractivity contribution is 0.479. The monoisotopic (exact) mass is 211 g/mol. The van der Waals surface area contributed by atoms with Crippen LogP contribution in [0.15, 0.2) is 18.2 Å². The third-order valence-electron chi connectivity index (χ3n) is 1.97. The number of phenolic OH excluding ortho intramolecular Hbond substituents is 1. The smallest absolute Gasteiger partial charge is 0.142 e. The van der Waals surface area contributed by atoms with Gasteiger partial charge in [-0.25, -0.2) is 9.37 Å². The molecule has 1 aromatic carbocycles. The maximum Gasteiger partial charge on any atom is 0.142 e. The van der Waals surface area contributed by atoms with Crippen LogP contribution in [0.1, 0.15) is 5.69 Å². The van der Waals surface area contributed by atoms with Crippen molar-refractivity contribution in [2.24, 2.45) is 0 Å². The standard InChI is InChI=1S/C10H7ClFNO/c1-5-4-6(11)9-7(12)2-3-8(14)10(9)13-5/h2-4,14H,1H3. The number of hydrogen-bond donors (Lipinski definition) is 1. The molecule has 0 spiro atoms. The second-order valence-electron chi connectivity index (χ2n) is 3.04. The van der Waals surface area contributed by atoms with Crippen LogP contribution in [-0.4, -0.2) is 10.1 Å². The first-order valence-corrected chi connectivity index (χ1v) is 4.41. The topological polar surface area (TPSA) is 33.1 Å². The van der Waals surface area contributed by atoms with Crippen molar-refractivity contribution >= 4 is 22.5 Å². The number of rotatable bonds is 0. The molecule has 0 unspecified atom stereocenters. The van der Waals surface area contributed by atoms with Crippen LogP contribution in [0, 0.1) is 12.7 Å². The molecule has 0 aliphatic heterocycles. The average molecular weight is 212 g/mol. The molecule has 0 radical (unpaired) electrons. The van der Waals surface area contributed by atoms with Crippen molar-refractivity contribution in [3.63, 3.8) is 0 Å². The van der Waals surface area contributed by atoms with E-state index in [1.807, 2.05) is 0 Å². The molecular formula is C10H7ClFNO. The van der Waals surface area contributed by atoms with Gasteiger partial charge in [-0.05, 0) is 25.1 Å². The van der Waals surface area contributed by atoms with Crippen molar-refractivity contribution in [3.8, 4) is 5.75 Å². The number of hydrogen-bond acceptors (Lipinski definition) is 2. The van der Waals surface area contributed by atoms with Crippen LogP contribution in [0.4, 0.5) is 4.39 Å². The Morgan fingerprint density at radius 2 is 2.14 bits per heavy atom. The Labute approximate surface area is 85.0 Å². The molecule has 0 saturated heterocycles. The van der Waals surface area contributed by atoms with Gasteiger partial charge in [0, 0.05) is 5.69 Å². The van der Waals surface area contributed by atoms with Gasteiger partial charge in [-0.2, -0.15) is 0 Å². The van der Waals surface area contributed by atoms with E-state index in [1.54, 1.807) is 13.0 Å². The molecule has 0 aliphatic rings. The third-order valence-corrected chi connectivity index (χ3v) is 2.27. The number of fused-ring (bicyclic) bond motifs is 1. The highest BCUT2D eigenvalue weighted by Crippen LogP contribution is 2.31. The van der Waals surface area contributed by atoms with Gasteiger partial charge in [0.1, 0.15) is 17.1 Å². The van der Waals surface area contributed by atoms with Crippen molar-refractivity contribution < 1.29 is 9.50 Å². The van der Waals surface area contributed by atoms with Crippen LogP contribution in [0.5, 0.6) is 5.75 Å². The summed E-state index contributed by atoms with van der Waals surface area (Å²) in [6, 6.07) is 3.99. The first-order chi connectivity index (χ1) is 6.59. The van der Waals surface area contributed by atoms with Crippen LogP contribution in [0.25, 0.3) is 10.9 Å². The Hall–Kier alpha value is -1.35. The molecule has 0 atom stereocenters. The molecule has 4 heteroatoms. The minimum atomic E-state index is -0.477. The van der Waals surface area contributed by atoms with E-state index in [4.69, 9.17) is 11.6 Å². The van der Waals surface area contributed by atoms with Crippen LogP contribution in [0.2, 0.25) is 5.02 Å². The fourth-order valence-electron chi connectivity index (χ4n) is 1.36.